The molecule has 0 aliphatic heterocycles. The molecule has 1 aromatic carbocycles. The van der Waals surface area contributed by atoms with Gasteiger partial charge in [-0.2, -0.15) is 0 Å². The lowest BCUT2D eigenvalue weighted by Crippen LogP contribution is -2.46. The second kappa shape index (κ2) is 6.12. The largest absolute Gasteiger partial charge is 0.347 e. The van der Waals surface area contributed by atoms with E-state index in [1.54, 1.807) is 6.07 Å². The molecule has 0 radical (unpaired) electrons. The highest BCUT2D eigenvalue weighted by molar-refractivity contribution is 7.20. The standard InChI is InChI=1S/C16H19FN2OS/c17-11-7-6-10-8-15(21-14(10)9-11)16(20)19-13-5-3-1-2-4-12(13)18/h6-9,12-13H,1-5,18H2,(H,19,20). The van der Waals surface area contributed by atoms with Crippen LogP contribution in [0.2, 0.25) is 0 Å². The predicted molar refractivity (Wildman–Crippen MR) is 84.1 cm³/mol. The highest BCUT2D eigenvalue weighted by atomic mass is 32.1. The number of halogens is 1. The van der Waals surface area contributed by atoms with Crippen molar-refractivity contribution in [2.24, 2.45) is 5.73 Å². The van der Waals surface area contributed by atoms with Gasteiger partial charge in [0, 0.05) is 16.8 Å². The smallest absolute Gasteiger partial charge is 0.261 e. The molecule has 1 fully saturated rings. The average molecular weight is 306 g/mol. The molecule has 21 heavy (non-hydrogen) atoms. The van der Waals surface area contributed by atoms with Gasteiger partial charge in [0.1, 0.15) is 5.82 Å². The first kappa shape index (κ1) is 14.5. The summed E-state index contributed by atoms with van der Waals surface area (Å²) >= 11 is 1.32. The zero-order valence-electron chi connectivity index (χ0n) is 11.8. The molecule has 3 rings (SSSR count). The Morgan fingerprint density at radius 1 is 1.24 bits per heavy atom. The zero-order valence-corrected chi connectivity index (χ0v) is 12.6. The summed E-state index contributed by atoms with van der Waals surface area (Å²) in [6, 6.07) is 6.48. The molecular formula is C16H19FN2OS. The van der Waals surface area contributed by atoms with Crippen molar-refractivity contribution in [2.75, 3.05) is 0 Å². The van der Waals surface area contributed by atoms with Crippen molar-refractivity contribution in [3.8, 4) is 0 Å². The number of hydrogen-bond donors (Lipinski definition) is 2. The minimum absolute atomic E-state index is 0.0308. The lowest BCUT2D eigenvalue weighted by atomic mass is 10.0. The van der Waals surface area contributed by atoms with Crippen molar-refractivity contribution in [2.45, 2.75) is 44.2 Å². The van der Waals surface area contributed by atoms with Crippen LogP contribution in [0, 0.1) is 5.82 Å². The Bertz CT molecular complexity index is 655. The van der Waals surface area contributed by atoms with E-state index in [0.717, 1.165) is 35.8 Å². The number of benzene rings is 1. The number of thiophene rings is 1. The van der Waals surface area contributed by atoms with Crippen LogP contribution in [0.25, 0.3) is 10.1 Å². The van der Waals surface area contributed by atoms with Gasteiger partial charge in [-0.25, -0.2) is 4.39 Å². The van der Waals surface area contributed by atoms with Crippen LogP contribution in [0.3, 0.4) is 0 Å². The van der Waals surface area contributed by atoms with Crippen molar-refractivity contribution in [1.82, 2.24) is 5.32 Å². The Morgan fingerprint density at radius 2 is 2.05 bits per heavy atom. The van der Waals surface area contributed by atoms with Crippen LogP contribution in [0.5, 0.6) is 0 Å². The van der Waals surface area contributed by atoms with E-state index in [0.29, 0.717) is 4.88 Å². The lowest BCUT2D eigenvalue weighted by molar-refractivity contribution is 0.0933. The van der Waals surface area contributed by atoms with Crippen LogP contribution < -0.4 is 11.1 Å². The highest BCUT2D eigenvalue weighted by Crippen LogP contribution is 2.27. The summed E-state index contributed by atoms with van der Waals surface area (Å²) in [7, 11) is 0. The first-order valence-corrected chi connectivity index (χ1v) is 8.21. The quantitative estimate of drug-likeness (QED) is 0.835. The molecule has 2 unspecified atom stereocenters. The van der Waals surface area contributed by atoms with Crippen molar-refractivity contribution in [1.29, 1.82) is 0 Å². The van der Waals surface area contributed by atoms with E-state index in [4.69, 9.17) is 5.73 Å². The molecule has 3 N–H and O–H groups in total. The Labute approximate surface area is 127 Å². The molecule has 112 valence electrons. The maximum Gasteiger partial charge on any atom is 0.261 e. The molecule has 1 amide bonds. The van der Waals surface area contributed by atoms with E-state index in [1.807, 2.05) is 6.07 Å². The average Bonchev–Trinajstić information content (AvgIpc) is 2.78. The van der Waals surface area contributed by atoms with Crippen LogP contribution in [-0.2, 0) is 0 Å². The molecule has 2 aromatic rings. The number of rotatable bonds is 2. The molecule has 1 heterocycles. The van der Waals surface area contributed by atoms with Crippen LogP contribution >= 0.6 is 11.3 Å². The van der Waals surface area contributed by atoms with Gasteiger partial charge in [0.15, 0.2) is 0 Å². The Kier molecular flexibility index (Phi) is 4.22. The lowest BCUT2D eigenvalue weighted by Gasteiger charge is -2.22. The first-order valence-electron chi connectivity index (χ1n) is 7.39. The van der Waals surface area contributed by atoms with Crippen LogP contribution in [0.15, 0.2) is 24.3 Å². The molecule has 3 nitrogen and oxygen atoms in total. The summed E-state index contributed by atoms with van der Waals surface area (Å²) < 4.78 is 14.0. The van der Waals surface area contributed by atoms with Crippen molar-refractivity contribution in [3.63, 3.8) is 0 Å². The SMILES string of the molecule is NC1CCCCCC1NC(=O)c1cc2ccc(F)cc2s1. The molecule has 5 heteroatoms. The predicted octanol–water partition coefficient (Wildman–Crippen LogP) is 3.43. The minimum Gasteiger partial charge on any atom is -0.347 e. The van der Waals surface area contributed by atoms with Crippen LogP contribution in [-0.4, -0.2) is 18.0 Å². The van der Waals surface area contributed by atoms with Gasteiger partial charge >= 0.3 is 0 Å². The fraction of sp³-hybridized carbons (Fsp3) is 0.438. The Morgan fingerprint density at radius 3 is 2.90 bits per heavy atom. The Balaban J connectivity index is 1.76. The summed E-state index contributed by atoms with van der Waals surface area (Å²) in [4.78, 5) is 13.0. The second-order valence-electron chi connectivity index (χ2n) is 5.67. The molecule has 1 aromatic heterocycles. The van der Waals surface area contributed by atoms with Crippen LogP contribution in [0.4, 0.5) is 4.39 Å². The van der Waals surface area contributed by atoms with E-state index < -0.39 is 0 Å². The fourth-order valence-electron chi connectivity index (χ4n) is 2.87. The van der Waals surface area contributed by atoms with E-state index in [1.165, 1.54) is 29.9 Å². The van der Waals surface area contributed by atoms with Gasteiger partial charge in [-0.3, -0.25) is 4.79 Å². The number of carbonyl (C=O) groups is 1. The van der Waals surface area contributed by atoms with Gasteiger partial charge in [0.25, 0.3) is 5.91 Å². The zero-order chi connectivity index (χ0) is 14.8. The summed E-state index contributed by atoms with van der Waals surface area (Å²) in [5, 5.41) is 3.95. The summed E-state index contributed by atoms with van der Waals surface area (Å²) in [6.07, 6.45) is 5.32. The van der Waals surface area contributed by atoms with E-state index in [-0.39, 0.29) is 23.8 Å². The maximum atomic E-state index is 13.2. The van der Waals surface area contributed by atoms with Crippen LogP contribution in [0.1, 0.15) is 41.8 Å². The number of nitrogens with two attached hydrogens (primary N) is 1. The number of amides is 1. The van der Waals surface area contributed by atoms with E-state index in [9.17, 15) is 9.18 Å². The second-order valence-corrected chi connectivity index (χ2v) is 6.76. The topological polar surface area (TPSA) is 55.1 Å². The monoisotopic (exact) mass is 306 g/mol. The van der Waals surface area contributed by atoms with Crippen molar-refractivity contribution < 1.29 is 9.18 Å². The third-order valence-electron chi connectivity index (χ3n) is 4.09. The summed E-state index contributed by atoms with van der Waals surface area (Å²) in [6.45, 7) is 0. The van der Waals surface area contributed by atoms with Gasteiger partial charge in [-0.1, -0.05) is 25.3 Å². The summed E-state index contributed by atoms with van der Waals surface area (Å²) in [5.41, 5.74) is 6.14. The molecule has 0 bridgehead atoms. The summed E-state index contributed by atoms with van der Waals surface area (Å²) in [5.74, 6) is -0.374. The normalized spacial score (nSPS) is 23.0. The van der Waals surface area contributed by atoms with Gasteiger partial charge in [-0.15, -0.1) is 11.3 Å². The van der Waals surface area contributed by atoms with Gasteiger partial charge in [0.2, 0.25) is 0 Å². The van der Waals surface area contributed by atoms with E-state index in [2.05, 4.69) is 5.32 Å². The molecule has 0 saturated heterocycles. The third kappa shape index (κ3) is 3.24. The van der Waals surface area contributed by atoms with Crippen molar-refractivity contribution >= 4 is 27.3 Å². The van der Waals surface area contributed by atoms with Gasteiger partial charge < -0.3 is 11.1 Å². The molecule has 1 saturated carbocycles. The number of nitrogens with one attached hydrogen (secondary N) is 1. The molecule has 1 aliphatic rings. The molecule has 1 aliphatic carbocycles. The number of fused-ring (bicyclic) bond motifs is 1. The maximum absolute atomic E-state index is 13.2. The highest BCUT2D eigenvalue weighted by Gasteiger charge is 2.23. The minimum atomic E-state index is -0.276. The number of hydrogen-bond acceptors (Lipinski definition) is 3. The first-order chi connectivity index (χ1) is 10.1. The van der Waals surface area contributed by atoms with Gasteiger partial charge in [0.05, 0.1) is 4.88 Å². The molecule has 0 spiro atoms. The van der Waals surface area contributed by atoms with Gasteiger partial charge in [-0.05, 0) is 36.4 Å². The molecular weight excluding hydrogens is 287 g/mol. The number of carbonyl (C=O) groups excluding carboxylic acids is 1. The van der Waals surface area contributed by atoms with E-state index >= 15 is 0 Å². The third-order valence-corrected chi connectivity index (χ3v) is 5.19. The molecule has 2 atom stereocenters. The Hall–Kier alpha value is -1.46. The van der Waals surface area contributed by atoms with Crippen molar-refractivity contribution in [3.05, 3.63) is 35.0 Å². The fourth-order valence-corrected chi connectivity index (χ4v) is 3.86.